The first-order chi connectivity index (χ1) is 15.0. The number of ketones is 1. The molecule has 1 aliphatic heterocycles. The molecule has 1 aromatic heterocycles. The second-order valence-corrected chi connectivity index (χ2v) is 9.75. The summed E-state index contributed by atoms with van der Waals surface area (Å²) >= 11 is 7.81. The van der Waals surface area contributed by atoms with Gasteiger partial charge in [0.25, 0.3) is 0 Å². The lowest BCUT2D eigenvalue weighted by atomic mass is 9.77. The van der Waals surface area contributed by atoms with E-state index in [1.165, 1.54) is 23.5 Å². The minimum absolute atomic E-state index is 0.0430. The van der Waals surface area contributed by atoms with Gasteiger partial charge in [-0.2, -0.15) is 5.26 Å². The van der Waals surface area contributed by atoms with E-state index >= 15 is 0 Å². The lowest BCUT2D eigenvalue weighted by molar-refractivity contribution is -0.119. The number of benzene rings is 1. The van der Waals surface area contributed by atoms with E-state index in [0.29, 0.717) is 41.1 Å². The van der Waals surface area contributed by atoms with Gasteiger partial charge in [-0.05, 0) is 56.2 Å². The number of nitriles is 1. The smallest absolute Gasteiger partial charge is 0.232 e. The molecular weight excluding hydrogens is 435 g/mol. The molecule has 4 nitrogen and oxygen atoms in total. The van der Waals surface area contributed by atoms with Crippen molar-refractivity contribution in [1.29, 1.82) is 5.26 Å². The molecule has 0 radical (unpaired) electrons. The molecule has 0 saturated heterocycles. The van der Waals surface area contributed by atoms with E-state index < -0.39 is 11.7 Å². The SMILES string of the molecule is N#Cc1c(N2C(=O)CC(c3c(F)cccc3Cl)C3=C2CCCC3=O)sc2c1CCCC2. The van der Waals surface area contributed by atoms with Crippen molar-refractivity contribution in [3.63, 3.8) is 0 Å². The summed E-state index contributed by atoms with van der Waals surface area (Å²) in [7, 11) is 0. The minimum Gasteiger partial charge on any atom is -0.294 e. The Morgan fingerprint density at radius 3 is 2.71 bits per heavy atom. The second kappa shape index (κ2) is 7.89. The third kappa shape index (κ3) is 3.22. The Labute approximate surface area is 188 Å². The van der Waals surface area contributed by atoms with Gasteiger partial charge >= 0.3 is 0 Å². The number of Topliss-reactive ketones (excluding diaryl/α,β-unsaturated/α-hetero) is 1. The Kier molecular flexibility index (Phi) is 5.19. The van der Waals surface area contributed by atoms with E-state index in [9.17, 15) is 19.2 Å². The molecule has 7 heteroatoms. The summed E-state index contributed by atoms with van der Waals surface area (Å²) < 4.78 is 14.8. The van der Waals surface area contributed by atoms with E-state index in [1.807, 2.05) is 0 Å². The molecule has 158 valence electrons. The first kappa shape index (κ1) is 20.4. The Hall–Kier alpha value is -2.49. The second-order valence-electron chi connectivity index (χ2n) is 8.26. The summed E-state index contributed by atoms with van der Waals surface area (Å²) in [5.74, 6) is -1.48. The van der Waals surface area contributed by atoms with Crippen molar-refractivity contribution in [2.75, 3.05) is 4.90 Å². The van der Waals surface area contributed by atoms with Gasteiger partial charge in [-0.15, -0.1) is 11.3 Å². The van der Waals surface area contributed by atoms with E-state index in [1.54, 1.807) is 11.0 Å². The van der Waals surface area contributed by atoms with Crippen LogP contribution in [0.2, 0.25) is 5.02 Å². The van der Waals surface area contributed by atoms with Crippen LogP contribution < -0.4 is 4.90 Å². The predicted octanol–water partition coefficient (Wildman–Crippen LogP) is 5.82. The number of allylic oxidation sites excluding steroid dienone is 2. The van der Waals surface area contributed by atoms with E-state index in [-0.39, 0.29) is 28.7 Å². The van der Waals surface area contributed by atoms with Gasteiger partial charge in [0, 0.05) is 45.5 Å². The number of hydrogen-bond donors (Lipinski definition) is 0. The highest BCUT2D eigenvalue weighted by Crippen LogP contribution is 2.49. The number of nitrogens with zero attached hydrogens (tertiary/aromatic N) is 2. The highest BCUT2D eigenvalue weighted by molar-refractivity contribution is 7.16. The highest BCUT2D eigenvalue weighted by atomic mass is 35.5. The Morgan fingerprint density at radius 2 is 1.94 bits per heavy atom. The molecule has 1 amide bonds. The summed E-state index contributed by atoms with van der Waals surface area (Å²) in [4.78, 5) is 29.3. The van der Waals surface area contributed by atoms with Crippen molar-refractivity contribution in [1.82, 2.24) is 0 Å². The summed E-state index contributed by atoms with van der Waals surface area (Å²) in [6, 6.07) is 6.74. The van der Waals surface area contributed by atoms with Crippen LogP contribution in [0.5, 0.6) is 0 Å². The molecule has 2 heterocycles. The molecule has 31 heavy (non-hydrogen) atoms. The third-order valence-electron chi connectivity index (χ3n) is 6.49. The van der Waals surface area contributed by atoms with Gasteiger partial charge in [-0.3, -0.25) is 14.5 Å². The van der Waals surface area contributed by atoms with Gasteiger partial charge in [-0.25, -0.2) is 4.39 Å². The molecule has 3 aliphatic rings. The largest absolute Gasteiger partial charge is 0.294 e. The Bertz CT molecular complexity index is 1170. The number of rotatable bonds is 2. The normalized spacial score (nSPS) is 21.1. The summed E-state index contributed by atoms with van der Waals surface area (Å²) in [5.41, 5.74) is 2.91. The van der Waals surface area contributed by atoms with Gasteiger partial charge in [0.15, 0.2) is 5.78 Å². The zero-order chi connectivity index (χ0) is 21.7. The first-order valence-corrected chi connectivity index (χ1v) is 11.8. The number of carbonyl (C=O) groups excluding carboxylic acids is 2. The highest BCUT2D eigenvalue weighted by Gasteiger charge is 2.43. The van der Waals surface area contributed by atoms with E-state index in [2.05, 4.69) is 6.07 Å². The molecule has 2 aromatic rings. The van der Waals surface area contributed by atoms with Crippen molar-refractivity contribution in [2.45, 2.75) is 57.3 Å². The zero-order valence-corrected chi connectivity index (χ0v) is 18.4. The number of hydrogen-bond acceptors (Lipinski definition) is 4. The molecular formula is C24H20ClFN2O2S. The molecule has 1 aromatic carbocycles. The van der Waals surface area contributed by atoms with E-state index in [0.717, 1.165) is 36.1 Å². The molecule has 0 fully saturated rings. The Balaban J connectivity index is 1.71. The Morgan fingerprint density at radius 1 is 1.13 bits per heavy atom. The van der Waals surface area contributed by atoms with Crippen LogP contribution in [0.1, 0.15) is 66.0 Å². The van der Waals surface area contributed by atoms with Crippen molar-refractivity contribution in [3.05, 3.63) is 61.9 Å². The van der Waals surface area contributed by atoms with Gasteiger partial charge in [0.1, 0.15) is 16.9 Å². The third-order valence-corrected chi connectivity index (χ3v) is 8.10. The van der Waals surface area contributed by atoms with Crippen molar-refractivity contribution in [3.8, 4) is 6.07 Å². The van der Waals surface area contributed by atoms with Crippen molar-refractivity contribution < 1.29 is 14.0 Å². The molecule has 1 unspecified atom stereocenters. The topological polar surface area (TPSA) is 61.2 Å². The molecule has 0 saturated carbocycles. The van der Waals surface area contributed by atoms with E-state index in [4.69, 9.17) is 11.6 Å². The molecule has 0 spiro atoms. The zero-order valence-electron chi connectivity index (χ0n) is 16.8. The van der Waals surface area contributed by atoms with Crippen LogP contribution in [-0.2, 0) is 22.4 Å². The molecule has 5 rings (SSSR count). The number of carbonyl (C=O) groups is 2. The van der Waals surface area contributed by atoms with Crippen LogP contribution in [0.15, 0.2) is 29.5 Å². The molecule has 0 N–H and O–H groups in total. The van der Waals surface area contributed by atoms with Crippen molar-refractivity contribution in [2.24, 2.45) is 0 Å². The van der Waals surface area contributed by atoms with Gasteiger partial charge in [-0.1, -0.05) is 17.7 Å². The lowest BCUT2D eigenvalue weighted by Crippen LogP contribution is -2.40. The fraction of sp³-hybridized carbons (Fsp3) is 0.375. The fourth-order valence-corrected chi connectivity index (χ4v) is 6.82. The number of amides is 1. The monoisotopic (exact) mass is 454 g/mol. The molecule has 0 bridgehead atoms. The fourth-order valence-electron chi connectivity index (χ4n) is 5.14. The lowest BCUT2D eigenvalue weighted by Gasteiger charge is -2.38. The van der Waals surface area contributed by atoms with Gasteiger partial charge in [0.2, 0.25) is 5.91 Å². The molecule has 1 atom stereocenters. The van der Waals surface area contributed by atoms with Crippen LogP contribution in [-0.4, -0.2) is 11.7 Å². The quantitative estimate of drug-likeness (QED) is 0.574. The van der Waals surface area contributed by atoms with Crippen molar-refractivity contribution >= 4 is 39.6 Å². The number of thiophene rings is 1. The van der Waals surface area contributed by atoms with Gasteiger partial charge in [0.05, 0.1) is 5.56 Å². The first-order valence-electron chi connectivity index (χ1n) is 10.6. The average molecular weight is 455 g/mol. The maximum absolute atomic E-state index is 14.8. The maximum Gasteiger partial charge on any atom is 0.232 e. The van der Waals surface area contributed by atoms with Crippen LogP contribution >= 0.6 is 22.9 Å². The number of anilines is 1. The number of halogens is 2. The van der Waals surface area contributed by atoms with Gasteiger partial charge < -0.3 is 0 Å². The average Bonchev–Trinajstić information content (AvgIpc) is 3.11. The number of aryl methyl sites for hydroxylation is 1. The number of fused-ring (bicyclic) bond motifs is 1. The molecule has 2 aliphatic carbocycles. The predicted molar refractivity (Wildman–Crippen MR) is 118 cm³/mol. The van der Waals surface area contributed by atoms with Crippen LogP contribution in [0.3, 0.4) is 0 Å². The minimum atomic E-state index is -0.694. The van der Waals surface area contributed by atoms with Crippen LogP contribution in [0, 0.1) is 17.1 Å². The standard InChI is InChI=1S/C24H20ClFN2O2S/c25-16-6-3-7-17(26)22(16)14-11-21(30)28(18-8-4-9-19(29)23(14)18)24-15(12-27)13-5-1-2-10-20(13)31-24/h3,6-7,14H,1-2,4-5,8-11H2. The van der Waals surface area contributed by atoms with Crippen LogP contribution in [0.25, 0.3) is 0 Å². The summed E-state index contributed by atoms with van der Waals surface area (Å²) in [6.07, 6.45) is 5.37. The van der Waals surface area contributed by atoms with Crippen LogP contribution in [0.4, 0.5) is 9.39 Å². The summed E-state index contributed by atoms with van der Waals surface area (Å²) in [6.45, 7) is 0. The summed E-state index contributed by atoms with van der Waals surface area (Å²) in [5, 5.41) is 10.7. The maximum atomic E-state index is 14.8.